The van der Waals surface area contributed by atoms with Gasteiger partial charge < -0.3 is 24.3 Å². The highest BCUT2D eigenvalue weighted by Crippen LogP contribution is 2.14. The zero-order valence-corrected chi connectivity index (χ0v) is 16.9. The lowest BCUT2D eigenvalue weighted by atomic mass is 10.1. The lowest BCUT2D eigenvalue weighted by molar-refractivity contribution is 0.140. The largest absolute Gasteiger partial charge is 0.497 e. The van der Waals surface area contributed by atoms with Crippen molar-refractivity contribution in [2.24, 2.45) is 0 Å². The minimum absolute atomic E-state index is 0.126. The van der Waals surface area contributed by atoms with Crippen molar-refractivity contribution in [3.05, 3.63) is 48.0 Å². The molecule has 1 aromatic carbocycles. The molecular formula is C20H30N4O3. The number of nitrogens with one attached hydrogen (secondary N) is 1. The van der Waals surface area contributed by atoms with Crippen LogP contribution in [-0.4, -0.2) is 53.4 Å². The molecule has 0 radical (unpaired) electrons. The summed E-state index contributed by atoms with van der Waals surface area (Å²) in [6, 6.07) is 7.80. The van der Waals surface area contributed by atoms with Crippen molar-refractivity contribution in [2.45, 2.75) is 39.4 Å². The number of methoxy groups -OCH3 is 2. The molecule has 0 fully saturated rings. The molecule has 2 aromatic rings. The molecule has 0 aliphatic heterocycles. The molecule has 0 unspecified atom stereocenters. The fourth-order valence-corrected chi connectivity index (χ4v) is 2.59. The van der Waals surface area contributed by atoms with Crippen LogP contribution >= 0.6 is 0 Å². The number of urea groups is 1. The maximum Gasteiger partial charge on any atom is 0.318 e. The predicted molar refractivity (Wildman–Crippen MR) is 105 cm³/mol. The van der Waals surface area contributed by atoms with E-state index in [1.165, 1.54) is 0 Å². The molecular weight excluding hydrogens is 344 g/mol. The molecule has 0 atom stereocenters. The van der Waals surface area contributed by atoms with Crippen molar-refractivity contribution in [2.75, 3.05) is 27.4 Å². The number of hydrogen-bond acceptors (Lipinski definition) is 4. The van der Waals surface area contributed by atoms with Crippen LogP contribution in [0.1, 0.15) is 32.2 Å². The van der Waals surface area contributed by atoms with Crippen molar-refractivity contribution < 1.29 is 14.3 Å². The zero-order valence-electron chi connectivity index (χ0n) is 16.9. The number of hydrogen-bond donors (Lipinski definition) is 1. The monoisotopic (exact) mass is 374 g/mol. The normalized spacial score (nSPS) is 11.3. The van der Waals surface area contributed by atoms with Gasteiger partial charge >= 0.3 is 6.03 Å². The highest BCUT2D eigenvalue weighted by atomic mass is 16.5. The maximum absolute atomic E-state index is 12.6. The minimum Gasteiger partial charge on any atom is -0.497 e. The molecule has 0 bridgehead atoms. The van der Waals surface area contributed by atoms with Gasteiger partial charge in [-0.3, -0.25) is 0 Å². The van der Waals surface area contributed by atoms with Crippen LogP contribution in [0, 0.1) is 0 Å². The van der Waals surface area contributed by atoms with Crippen molar-refractivity contribution in [3.63, 3.8) is 0 Å². The van der Waals surface area contributed by atoms with Gasteiger partial charge in [-0.2, -0.15) is 0 Å². The molecule has 0 aliphatic rings. The van der Waals surface area contributed by atoms with Crippen LogP contribution < -0.4 is 10.1 Å². The molecule has 1 N–H and O–H groups in total. The fourth-order valence-electron chi connectivity index (χ4n) is 2.59. The Kier molecular flexibility index (Phi) is 7.24. The topological polar surface area (TPSA) is 68.6 Å². The predicted octanol–water partition coefficient (Wildman–Crippen LogP) is 2.90. The summed E-state index contributed by atoms with van der Waals surface area (Å²) in [5, 5.41) is 3.00. The lowest BCUT2D eigenvalue weighted by Crippen LogP contribution is -2.49. The minimum atomic E-state index is -0.305. The number of rotatable bonds is 8. The summed E-state index contributed by atoms with van der Waals surface area (Å²) in [5.74, 6) is 1.65. The molecule has 0 saturated heterocycles. The molecule has 0 saturated carbocycles. The molecule has 2 amide bonds. The Morgan fingerprint density at radius 2 is 1.93 bits per heavy atom. The molecule has 2 rings (SSSR count). The zero-order chi connectivity index (χ0) is 19.9. The summed E-state index contributed by atoms with van der Waals surface area (Å²) >= 11 is 0. The molecule has 148 valence electrons. The first-order chi connectivity index (χ1) is 12.8. The van der Waals surface area contributed by atoms with Crippen molar-refractivity contribution in [1.82, 2.24) is 19.8 Å². The second kappa shape index (κ2) is 9.41. The Balaban J connectivity index is 2.11. The summed E-state index contributed by atoms with van der Waals surface area (Å²) in [5.41, 5.74) is 0.832. The van der Waals surface area contributed by atoms with Gasteiger partial charge in [0, 0.05) is 38.1 Å². The van der Waals surface area contributed by atoms with E-state index in [1.54, 1.807) is 25.3 Å². The van der Waals surface area contributed by atoms with E-state index in [-0.39, 0.29) is 11.6 Å². The Morgan fingerprint density at radius 1 is 1.22 bits per heavy atom. The number of carbonyl (C=O) groups is 1. The van der Waals surface area contributed by atoms with E-state index in [2.05, 4.69) is 10.3 Å². The Morgan fingerprint density at radius 3 is 2.52 bits per heavy atom. The summed E-state index contributed by atoms with van der Waals surface area (Å²) < 4.78 is 12.4. The van der Waals surface area contributed by atoms with E-state index in [0.717, 1.165) is 17.1 Å². The van der Waals surface area contributed by atoms with Crippen molar-refractivity contribution in [1.29, 1.82) is 0 Å². The number of amides is 2. The third-order valence-electron chi connectivity index (χ3n) is 3.98. The van der Waals surface area contributed by atoms with Crippen molar-refractivity contribution >= 4 is 6.03 Å². The van der Waals surface area contributed by atoms with E-state index in [9.17, 15) is 4.79 Å². The molecule has 1 aromatic heterocycles. The highest BCUT2D eigenvalue weighted by molar-refractivity contribution is 5.74. The third kappa shape index (κ3) is 6.60. The Labute approximate surface area is 161 Å². The molecule has 0 spiro atoms. The number of carbonyl (C=O) groups excluding carboxylic acids is 1. The molecule has 1 heterocycles. The first kappa shape index (κ1) is 20.8. The van der Waals surface area contributed by atoms with Gasteiger partial charge in [0.1, 0.15) is 11.6 Å². The standard InChI is InChI=1S/C20H30N4O3/c1-20(2,3)22-19(25)24(12-13-26-4)15-18-21-10-11-23(18)14-16-6-8-17(27-5)9-7-16/h6-11H,12-15H2,1-5H3,(H,22,25). The molecule has 7 nitrogen and oxygen atoms in total. The second-order valence-corrected chi connectivity index (χ2v) is 7.41. The van der Waals surface area contributed by atoms with Gasteiger partial charge in [-0.25, -0.2) is 9.78 Å². The van der Waals surface area contributed by atoms with E-state index in [0.29, 0.717) is 26.2 Å². The number of ether oxygens (including phenoxy) is 2. The van der Waals surface area contributed by atoms with Gasteiger partial charge in [0.05, 0.1) is 20.3 Å². The number of benzene rings is 1. The van der Waals surface area contributed by atoms with E-state index >= 15 is 0 Å². The number of nitrogens with zero attached hydrogens (tertiary/aromatic N) is 3. The van der Waals surface area contributed by atoms with E-state index in [1.807, 2.05) is 55.8 Å². The average Bonchev–Trinajstić information content (AvgIpc) is 3.04. The van der Waals surface area contributed by atoms with E-state index in [4.69, 9.17) is 9.47 Å². The van der Waals surface area contributed by atoms with Crippen LogP contribution in [-0.2, 0) is 17.8 Å². The summed E-state index contributed by atoms with van der Waals surface area (Å²) in [6.07, 6.45) is 3.69. The van der Waals surface area contributed by atoms with Gasteiger partial charge in [-0.05, 0) is 38.5 Å². The fraction of sp³-hybridized carbons (Fsp3) is 0.500. The number of aromatic nitrogens is 2. The summed E-state index contributed by atoms with van der Waals surface area (Å²) in [4.78, 5) is 18.8. The molecule has 0 aliphatic carbocycles. The van der Waals surface area contributed by atoms with Crippen LogP contribution in [0.5, 0.6) is 5.75 Å². The maximum atomic E-state index is 12.6. The SMILES string of the molecule is COCCN(Cc1nccn1Cc1ccc(OC)cc1)C(=O)NC(C)(C)C. The first-order valence-electron chi connectivity index (χ1n) is 9.01. The molecule has 7 heteroatoms. The third-order valence-corrected chi connectivity index (χ3v) is 3.98. The summed E-state index contributed by atoms with van der Waals surface area (Å²) in [7, 11) is 3.28. The van der Waals surface area contributed by atoms with Crippen LogP contribution in [0.2, 0.25) is 0 Å². The van der Waals surface area contributed by atoms with Gasteiger partial charge in [0.2, 0.25) is 0 Å². The second-order valence-electron chi connectivity index (χ2n) is 7.41. The van der Waals surface area contributed by atoms with Crippen LogP contribution in [0.4, 0.5) is 4.79 Å². The van der Waals surface area contributed by atoms with E-state index < -0.39 is 0 Å². The first-order valence-corrected chi connectivity index (χ1v) is 9.01. The Hall–Kier alpha value is -2.54. The lowest BCUT2D eigenvalue weighted by Gasteiger charge is -2.28. The summed E-state index contributed by atoms with van der Waals surface area (Å²) in [6.45, 7) is 7.94. The van der Waals surface area contributed by atoms with Gasteiger partial charge in [-0.15, -0.1) is 0 Å². The highest BCUT2D eigenvalue weighted by Gasteiger charge is 2.21. The van der Waals surface area contributed by atoms with Crippen LogP contribution in [0.3, 0.4) is 0 Å². The average molecular weight is 374 g/mol. The Bertz CT molecular complexity index is 720. The van der Waals surface area contributed by atoms with Gasteiger partial charge in [0.25, 0.3) is 0 Å². The number of imidazole rings is 1. The van der Waals surface area contributed by atoms with Gasteiger partial charge in [0.15, 0.2) is 0 Å². The smallest absolute Gasteiger partial charge is 0.318 e. The van der Waals surface area contributed by atoms with Crippen molar-refractivity contribution in [3.8, 4) is 5.75 Å². The van der Waals surface area contributed by atoms with Crippen LogP contribution in [0.15, 0.2) is 36.7 Å². The molecule has 27 heavy (non-hydrogen) atoms. The van der Waals surface area contributed by atoms with Crippen LogP contribution in [0.25, 0.3) is 0 Å². The quantitative estimate of drug-likeness (QED) is 0.771. The van der Waals surface area contributed by atoms with Gasteiger partial charge in [-0.1, -0.05) is 12.1 Å².